The van der Waals surface area contributed by atoms with Crippen molar-refractivity contribution >= 4 is 16.8 Å². The van der Waals surface area contributed by atoms with E-state index in [-0.39, 0.29) is 5.91 Å². The van der Waals surface area contributed by atoms with Crippen molar-refractivity contribution in [3.8, 4) is 0 Å². The fraction of sp³-hybridized carbons (Fsp3) is 0.412. The summed E-state index contributed by atoms with van der Waals surface area (Å²) in [5, 5.41) is 4.02. The second-order valence-corrected chi connectivity index (χ2v) is 5.72. The molecule has 4 nitrogen and oxygen atoms in total. The van der Waals surface area contributed by atoms with E-state index in [1.807, 2.05) is 44.4 Å². The lowest BCUT2D eigenvalue weighted by Crippen LogP contribution is -2.33. The van der Waals surface area contributed by atoms with Gasteiger partial charge in [0.2, 0.25) is 0 Å². The van der Waals surface area contributed by atoms with Crippen molar-refractivity contribution in [3.05, 3.63) is 41.6 Å². The van der Waals surface area contributed by atoms with Gasteiger partial charge in [-0.2, -0.15) is 0 Å². The fourth-order valence-electron chi connectivity index (χ4n) is 2.55. The Bertz CT molecular complexity index is 664. The van der Waals surface area contributed by atoms with Gasteiger partial charge in [-0.25, -0.2) is 0 Å². The maximum absolute atomic E-state index is 12.7. The molecule has 1 aliphatic carbocycles. The predicted octanol–water partition coefficient (Wildman–Crippen LogP) is 2.40. The number of benzene rings is 1. The van der Waals surface area contributed by atoms with Gasteiger partial charge < -0.3 is 10.2 Å². The molecule has 0 radical (unpaired) electrons. The van der Waals surface area contributed by atoms with Crippen LogP contribution in [0.15, 0.2) is 30.3 Å². The van der Waals surface area contributed by atoms with Crippen LogP contribution in [0.3, 0.4) is 0 Å². The molecule has 4 heteroatoms. The second-order valence-electron chi connectivity index (χ2n) is 5.72. The maximum Gasteiger partial charge on any atom is 0.254 e. The summed E-state index contributed by atoms with van der Waals surface area (Å²) in [7, 11) is 3.75. The molecule has 1 N–H and O–H groups in total. The summed E-state index contributed by atoms with van der Waals surface area (Å²) in [5.41, 5.74) is 2.77. The molecular formula is C17H21N3O. The van der Waals surface area contributed by atoms with Crippen LogP contribution in [0.25, 0.3) is 10.9 Å². The van der Waals surface area contributed by atoms with Gasteiger partial charge in [0.05, 0.1) is 11.1 Å². The molecule has 1 aliphatic rings. The van der Waals surface area contributed by atoms with Crippen molar-refractivity contribution in [2.24, 2.45) is 0 Å². The van der Waals surface area contributed by atoms with Gasteiger partial charge in [-0.3, -0.25) is 9.78 Å². The monoisotopic (exact) mass is 283 g/mol. The molecular weight excluding hydrogens is 262 g/mol. The maximum atomic E-state index is 12.7. The number of carbonyl (C=O) groups is 1. The number of pyridine rings is 1. The van der Waals surface area contributed by atoms with Gasteiger partial charge in [0.15, 0.2) is 0 Å². The molecule has 21 heavy (non-hydrogen) atoms. The molecule has 1 amide bonds. The van der Waals surface area contributed by atoms with Gasteiger partial charge >= 0.3 is 0 Å². The van der Waals surface area contributed by atoms with Crippen molar-refractivity contribution in [2.75, 3.05) is 27.2 Å². The lowest BCUT2D eigenvalue weighted by atomic mass is 10.0. The van der Waals surface area contributed by atoms with Crippen LogP contribution in [-0.2, 0) is 0 Å². The molecule has 1 fully saturated rings. The van der Waals surface area contributed by atoms with Gasteiger partial charge in [0.25, 0.3) is 5.91 Å². The number of aromatic nitrogens is 1. The molecule has 0 aliphatic heterocycles. The van der Waals surface area contributed by atoms with Gasteiger partial charge in [-0.05, 0) is 32.0 Å². The molecule has 0 bridgehead atoms. The molecule has 1 heterocycles. The van der Waals surface area contributed by atoms with E-state index in [2.05, 4.69) is 5.32 Å². The largest absolute Gasteiger partial charge is 0.340 e. The number of carbonyl (C=O) groups excluding carboxylic acids is 1. The van der Waals surface area contributed by atoms with Crippen molar-refractivity contribution in [1.82, 2.24) is 15.2 Å². The zero-order valence-electron chi connectivity index (χ0n) is 12.6. The van der Waals surface area contributed by atoms with E-state index >= 15 is 0 Å². The summed E-state index contributed by atoms with van der Waals surface area (Å²) in [4.78, 5) is 19.2. The topological polar surface area (TPSA) is 45.2 Å². The lowest BCUT2D eigenvalue weighted by molar-refractivity contribution is 0.0798. The third-order valence-electron chi connectivity index (χ3n) is 4.01. The highest BCUT2D eigenvalue weighted by Crippen LogP contribution is 2.40. The minimum absolute atomic E-state index is 0.0748. The first kappa shape index (κ1) is 14.0. The van der Waals surface area contributed by atoms with E-state index < -0.39 is 0 Å². The number of para-hydroxylation sites is 1. The molecule has 0 atom stereocenters. The van der Waals surface area contributed by atoms with Crippen molar-refractivity contribution < 1.29 is 4.79 Å². The summed E-state index contributed by atoms with van der Waals surface area (Å²) in [6, 6.07) is 9.91. The van der Waals surface area contributed by atoms with Crippen molar-refractivity contribution in [3.63, 3.8) is 0 Å². The normalized spacial score (nSPS) is 14.4. The highest BCUT2D eigenvalue weighted by atomic mass is 16.2. The van der Waals surface area contributed by atoms with E-state index in [1.165, 1.54) is 12.8 Å². The van der Waals surface area contributed by atoms with Gasteiger partial charge in [0, 0.05) is 37.1 Å². The summed E-state index contributed by atoms with van der Waals surface area (Å²) < 4.78 is 0. The zero-order chi connectivity index (χ0) is 14.8. The number of nitrogens with one attached hydrogen (secondary N) is 1. The van der Waals surface area contributed by atoms with Gasteiger partial charge in [0.1, 0.15) is 0 Å². The molecule has 0 saturated heterocycles. The number of fused-ring (bicyclic) bond motifs is 1. The van der Waals surface area contributed by atoms with Crippen molar-refractivity contribution in [2.45, 2.75) is 18.8 Å². The first-order valence-electron chi connectivity index (χ1n) is 7.50. The number of rotatable bonds is 5. The third-order valence-corrected chi connectivity index (χ3v) is 4.01. The van der Waals surface area contributed by atoms with Crippen LogP contribution < -0.4 is 5.32 Å². The Morgan fingerprint density at radius 1 is 1.38 bits per heavy atom. The van der Waals surface area contributed by atoms with E-state index in [4.69, 9.17) is 4.98 Å². The number of nitrogens with zero attached hydrogens (tertiary/aromatic N) is 2. The Kier molecular flexibility index (Phi) is 3.88. The van der Waals surface area contributed by atoms with Crippen LogP contribution in [0.2, 0.25) is 0 Å². The third kappa shape index (κ3) is 2.90. The molecule has 0 spiro atoms. The molecule has 3 rings (SSSR count). The Labute approximate surface area is 125 Å². The van der Waals surface area contributed by atoms with Crippen molar-refractivity contribution in [1.29, 1.82) is 0 Å². The molecule has 1 aromatic carbocycles. The molecule has 0 unspecified atom stereocenters. The summed E-state index contributed by atoms with van der Waals surface area (Å²) in [5.74, 6) is 0.620. The summed E-state index contributed by atoms with van der Waals surface area (Å²) >= 11 is 0. The van der Waals surface area contributed by atoms with Gasteiger partial charge in [-0.1, -0.05) is 18.2 Å². The molecule has 1 saturated carbocycles. The predicted molar refractivity (Wildman–Crippen MR) is 84.6 cm³/mol. The minimum atomic E-state index is 0.0748. The van der Waals surface area contributed by atoms with Crippen LogP contribution in [0.1, 0.15) is 34.8 Å². The number of hydrogen-bond acceptors (Lipinski definition) is 3. The fourth-order valence-corrected chi connectivity index (χ4v) is 2.55. The summed E-state index contributed by atoms with van der Waals surface area (Å²) in [6.45, 7) is 1.49. The van der Waals surface area contributed by atoms with E-state index in [9.17, 15) is 4.79 Å². The minimum Gasteiger partial charge on any atom is -0.340 e. The van der Waals surface area contributed by atoms with Gasteiger partial charge in [-0.15, -0.1) is 0 Å². The number of hydrogen-bond donors (Lipinski definition) is 1. The quantitative estimate of drug-likeness (QED) is 0.916. The molecule has 110 valence electrons. The van der Waals surface area contributed by atoms with E-state index in [0.717, 1.165) is 28.7 Å². The number of likely N-dealkylation sites (N-methyl/N-ethyl adjacent to an activating group) is 2. The van der Waals surface area contributed by atoms with E-state index in [0.29, 0.717) is 12.5 Å². The van der Waals surface area contributed by atoms with Crippen LogP contribution in [0, 0.1) is 0 Å². The standard InChI is InChI=1S/C17H21N3O/c1-18-9-10-20(2)17(21)14-11-16(12-7-8-12)19-15-6-4-3-5-13(14)15/h3-6,11-12,18H,7-10H2,1-2H3. The molecule has 1 aromatic heterocycles. The SMILES string of the molecule is CNCCN(C)C(=O)c1cc(C2CC2)nc2ccccc12. The Hall–Kier alpha value is -1.94. The average molecular weight is 283 g/mol. The first-order chi connectivity index (χ1) is 10.2. The molecule has 2 aromatic rings. The highest BCUT2D eigenvalue weighted by Gasteiger charge is 2.27. The summed E-state index contributed by atoms with van der Waals surface area (Å²) in [6.07, 6.45) is 2.38. The smallest absolute Gasteiger partial charge is 0.254 e. The Balaban J connectivity index is 2.01. The highest BCUT2D eigenvalue weighted by molar-refractivity contribution is 6.06. The Morgan fingerprint density at radius 3 is 2.86 bits per heavy atom. The van der Waals surface area contributed by atoms with Crippen LogP contribution in [0.4, 0.5) is 0 Å². The Morgan fingerprint density at radius 2 is 2.14 bits per heavy atom. The zero-order valence-corrected chi connectivity index (χ0v) is 12.6. The second kappa shape index (κ2) is 5.82. The van der Waals surface area contributed by atoms with E-state index in [1.54, 1.807) is 4.90 Å². The lowest BCUT2D eigenvalue weighted by Gasteiger charge is -2.18. The van der Waals surface area contributed by atoms with Crippen LogP contribution in [0.5, 0.6) is 0 Å². The van der Waals surface area contributed by atoms with Crippen LogP contribution in [-0.4, -0.2) is 43.0 Å². The first-order valence-corrected chi connectivity index (χ1v) is 7.50. The van der Waals surface area contributed by atoms with Crippen LogP contribution >= 0.6 is 0 Å². The average Bonchev–Trinajstić information content (AvgIpc) is 3.35. The number of amides is 1.